The lowest BCUT2D eigenvalue weighted by molar-refractivity contribution is 1.33. The number of hydrogen-bond acceptors (Lipinski definition) is 2. The monoisotopic (exact) mass is 784 g/mol. The van der Waals surface area contributed by atoms with Gasteiger partial charge in [-0.3, -0.25) is 9.97 Å². The first-order valence-corrected chi connectivity index (χ1v) is 21.3. The van der Waals surface area contributed by atoms with Gasteiger partial charge in [-0.1, -0.05) is 164 Å². The predicted molar refractivity (Wildman–Crippen MR) is 262 cm³/mol. The van der Waals surface area contributed by atoms with E-state index in [4.69, 9.17) is 0 Å². The van der Waals surface area contributed by atoms with Gasteiger partial charge < -0.3 is 0 Å². The summed E-state index contributed by atoms with van der Waals surface area (Å²) >= 11 is 0. The molecule has 0 saturated carbocycles. The molecular weight excluding hydrogens is 749 g/mol. The molecule has 2 heterocycles. The Morgan fingerprint density at radius 1 is 0.210 bits per heavy atom. The Kier molecular flexibility index (Phi) is 7.64. The second kappa shape index (κ2) is 13.7. The van der Waals surface area contributed by atoms with Crippen molar-refractivity contribution >= 4 is 64.6 Å². The van der Waals surface area contributed by atoms with Crippen molar-refractivity contribution in [1.29, 1.82) is 0 Å². The summed E-state index contributed by atoms with van der Waals surface area (Å²) in [7, 11) is 0. The van der Waals surface area contributed by atoms with Gasteiger partial charge in [0.25, 0.3) is 0 Å². The van der Waals surface area contributed by atoms with Gasteiger partial charge in [0.1, 0.15) is 0 Å². The lowest BCUT2D eigenvalue weighted by Gasteiger charge is -2.17. The summed E-state index contributed by atoms with van der Waals surface area (Å²) in [6, 6.07) is 71.9. The third-order valence-corrected chi connectivity index (χ3v) is 13.2. The maximum atomic E-state index is 4.26. The quantitative estimate of drug-likeness (QED) is 0.157. The molecule has 13 rings (SSSR count). The second-order valence-electron chi connectivity index (χ2n) is 16.5. The molecule has 11 aromatic carbocycles. The first kappa shape index (κ1) is 34.6. The van der Waals surface area contributed by atoms with Crippen molar-refractivity contribution in [1.82, 2.24) is 9.97 Å². The fourth-order valence-electron chi connectivity index (χ4n) is 10.2. The Labute approximate surface area is 358 Å². The minimum atomic E-state index is 1.19. The van der Waals surface area contributed by atoms with Gasteiger partial charge in [-0.2, -0.15) is 0 Å². The van der Waals surface area contributed by atoms with E-state index in [-0.39, 0.29) is 0 Å². The third kappa shape index (κ3) is 5.37. The molecule has 2 heteroatoms. The molecule has 0 unspecified atom stereocenters. The lowest BCUT2D eigenvalue weighted by atomic mass is 9.87. The van der Waals surface area contributed by atoms with Gasteiger partial charge in [-0.15, -0.1) is 0 Å². The van der Waals surface area contributed by atoms with E-state index >= 15 is 0 Å². The highest BCUT2D eigenvalue weighted by Gasteiger charge is 2.17. The van der Waals surface area contributed by atoms with Gasteiger partial charge in [-0.05, 0) is 162 Å². The van der Waals surface area contributed by atoms with Crippen molar-refractivity contribution < 1.29 is 0 Å². The van der Waals surface area contributed by atoms with Crippen LogP contribution in [-0.4, -0.2) is 9.97 Å². The van der Waals surface area contributed by atoms with E-state index in [9.17, 15) is 0 Å². The van der Waals surface area contributed by atoms with E-state index in [2.05, 4.69) is 204 Å². The molecule has 2 nitrogen and oxygen atoms in total. The molecular formula is C60H36N2. The Morgan fingerprint density at radius 2 is 0.484 bits per heavy atom. The van der Waals surface area contributed by atoms with E-state index in [1.54, 1.807) is 0 Å². The molecule has 0 aliphatic heterocycles. The fraction of sp³-hybridized carbons (Fsp3) is 0. The number of hydrogen-bond donors (Lipinski definition) is 0. The summed E-state index contributed by atoms with van der Waals surface area (Å²) in [6.07, 6.45) is 7.49. The highest BCUT2D eigenvalue weighted by Crippen LogP contribution is 2.44. The van der Waals surface area contributed by atoms with E-state index in [0.717, 1.165) is 0 Å². The van der Waals surface area contributed by atoms with Crippen LogP contribution < -0.4 is 0 Å². The van der Waals surface area contributed by atoms with Crippen molar-refractivity contribution in [2.45, 2.75) is 0 Å². The molecule has 0 fully saturated rings. The fourth-order valence-corrected chi connectivity index (χ4v) is 10.2. The van der Waals surface area contributed by atoms with Gasteiger partial charge >= 0.3 is 0 Å². The maximum Gasteiger partial charge on any atom is 0.0273 e. The average Bonchev–Trinajstić information content (AvgIpc) is 3.35. The van der Waals surface area contributed by atoms with Crippen LogP contribution in [0, 0.1) is 0 Å². The Hall–Kier alpha value is -8.20. The number of rotatable bonds is 6. The van der Waals surface area contributed by atoms with Crippen molar-refractivity contribution in [3.63, 3.8) is 0 Å². The molecule has 2 aromatic heterocycles. The molecule has 0 saturated heterocycles. The summed E-state index contributed by atoms with van der Waals surface area (Å²) < 4.78 is 0. The van der Waals surface area contributed by atoms with E-state index in [1.165, 1.54) is 131 Å². The van der Waals surface area contributed by atoms with Crippen LogP contribution in [0.25, 0.3) is 131 Å². The minimum Gasteiger partial charge on any atom is -0.265 e. The van der Waals surface area contributed by atoms with Crippen LogP contribution in [0.1, 0.15) is 0 Å². The standard InChI is InChI=1S/C60H36N2/c1-2-47(37-4-8-39(9-5-37)49-20-12-43-18-26-55-51(41-28-32-61-33-29-41)22-14-45-16-24-53(49)57(43)59(45)55)36-48(3-1)38-6-10-40(11-7-38)50-21-13-44-19-27-56-52(42-30-34-62-35-31-42)23-15-46-17-25-54(50)58(44)60(46)56/h1-36H. The highest BCUT2D eigenvalue weighted by molar-refractivity contribution is 6.29. The van der Waals surface area contributed by atoms with Crippen LogP contribution in [0.4, 0.5) is 0 Å². The van der Waals surface area contributed by atoms with E-state index in [0.29, 0.717) is 0 Å². The van der Waals surface area contributed by atoms with E-state index < -0.39 is 0 Å². The lowest BCUT2D eigenvalue weighted by Crippen LogP contribution is -1.90. The SMILES string of the molecule is c1cc(-c2ccc(-c3ccc4ccc5c(-c6ccncc6)ccc6ccc3c4c65)cc2)cc(-c2ccc(-c3ccc4ccc5c(-c6ccncc6)ccc6ccc3c4c65)cc2)c1. The summed E-state index contributed by atoms with van der Waals surface area (Å²) in [5.41, 5.74) is 14.6. The molecule has 286 valence electrons. The predicted octanol–water partition coefficient (Wildman–Crippen LogP) is 16.3. The number of benzene rings is 11. The zero-order valence-corrected chi connectivity index (χ0v) is 33.7. The smallest absolute Gasteiger partial charge is 0.0273 e. The van der Waals surface area contributed by atoms with Crippen LogP contribution >= 0.6 is 0 Å². The third-order valence-electron chi connectivity index (χ3n) is 13.2. The summed E-state index contributed by atoms with van der Waals surface area (Å²) in [6.45, 7) is 0. The zero-order valence-electron chi connectivity index (χ0n) is 33.7. The molecule has 0 radical (unpaired) electrons. The molecule has 62 heavy (non-hydrogen) atoms. The van der Waals surface area contributed by atoms with Gasteiger partial charge in [0.05, 0.1) is 0 Å². The van der Waals surface area contributed by atoms with Gasteiger partial charge in [0.2, 0.25) is 0 Å². The Bertz CT molecular complexity index is 3570. The molecule has 13 aromatic rings. The van der Waals surface area contributed by atoms with Crippen LogP contribution in [0.5, 0.6) is 0 Å². The molecule has 0 atom stereocenters. The topological polar surface area (TPSA) is 25.8 Å². The molecule has 0 N–H and O–H groups in total. The first-order chi connectivity index (χ1) is 30.7. The first-order valence-electron chi connectivity index (χ1n) is 21.3. The normalized spacial score (nSPS) is 11.9. The van der Waals surface area contributed by atoms with Crippen LogP contribution in [0.3, 0.4) is 0 Å². The van der Waals surface area contributed by atoms with Crippen molar-refractivity contribution in [2.24, 2.45) is 0 Å². The highest BCUT2D eigenvalue weighted by atomic mass is 14.6. The summed E-state index contributed by atoms with van der Waals surface area (Å²) in [5, 5.41) is 15.5. The van der Waals surface area contributed by atoms with Gasteiger partial charge in [0.15, 0.2) is 0 Å². The van der Waals surface area contributed by atoms with Crippen molar-refractivity contribution in [3.8, 4) is 66.8 Å². The molecule has 0 bridgehead atoms. The number of nitrogens with zero attached hydrogens (tertiary/aromatic N) is 2. The van der Waals surface area contributed by atoms with Crippen molar-refractivity contribution in [3.05, 3.63) is 219 Å². The number of pyridine rings is 2. The van der Waals surface area contributed by atoms with Crippen LogP contribution in [0.15, 0.2) is 219 Å². The van der Waals surface area contributed by atoms with Crippen molar-refractivity contribution in [2.75, 3.05) is 0 Å². The average molecular weight is 785 g/mol. The second-order valence-corrected chi connectivity index (χ2v) is 16.5. The Morgan fingerprint density at radius 3 is 0.806 bits per heavy atom. The molecule has 0 aliphatic carbocycles. The summed E-state index contributed by atoms with van der Waals surface area (Å²) in [4.78, 5) is 8.52. The number of aromatic nitrogens is 2. The Balaban J connectivity index is 0.825. The summed E-state index contributed by atoms with van der Waals surface area (Å²) in [5.74, 6) is 0. The van der Waals surface area contributed by atoms with E-state index in [1.807, 2.05) is 24.8 Å². The maximum absolute atomic E-state index is 4.26. The van der Waals surface area contributed by atoms with Gasteiger partial charge in [0, 0.05) is 24.8 Å². The van der Waals surface area contributed by atoms with Crippen LogP contribution in [0.2, 0.25) is 0 Å². The molecule has 0 spiro atoms. The van der Waals surface area contributed by atoms with Crippen LogP contribution in [-0.2, 0) is 0 Å². The molecule has 0 amide bonds. The van der Waals surface area contributed by atoms with Gasteiger partial charge in [-0.25, -0.2) is 0 Å². The minimum absolute atomic E-state index is 1.19. The molecule has 0 aliphatic rings. The zero-order chi connectivity index (χ0) is 40.7. The largest absolute Gasteiger partial charge is 0.265 e.